The number of likely N-dealkylation sites (N-methyl/N-ethyl adjacent to an activating group) is 1. The van der Waals surface area contributed by atoms with Gasteiger partial charge in [0.25, 0.3) is 5.91 Å². The Labute approximate surface area is 211 Å². The zero-order chi connectivity index (χ0) is 25.1. The minimum Gasteiger partial charge on any atom is -0.361 e. The maximum Gasteiger partial charge on any atom is 0.253 e. The summed E-state index contributed by atoms with van der Waals surface area (Å²) in [6.07, 6.45) is 6.88. The third-order valence-electron chi connectivity index (χ3n) is 7.08. The number of amides is 1. The van der Waals surface area contributed by atoms with Crippen molar-refractivity contribution in [2.45, 2.75) is 19.8 Å². The molecule has 7 nitrogen and oxygen atoms in total. The van der Waals surface area contributed by atoms with Crippen LogP contribution in [-0.2, 0) is 12.8 Å². The highest BCUT2D eigenvalue weighted by molar-refractivity contribution is 5.94. The van der Waals surface area contributed by atoms with Crippen LogP contribution in [0.3, 0.4) is 0 Å². The number of anilines is 2. The number of carbonyl (C=O) groups is 1. The predicted octanol–water partition coefficient (Wildman–Crippen LogP) is 4.66. The summed E-state index contributed by atoms with van der Waals surface area (Å²) in [4.78, 5) is 24.6. The van der Waals surface area contributed by atoms with Crippen LogP contribution in [0.5, 0.6) is 0 Å². The predicted molar refractivity (Wildman–Crippen MR) is 143 cm³/mol. The lowest BCUT2D eigenvalue weighted by Crippen LogP contribution is -2.47. The molecule has 0 bridgehead atoms. The van der Waals surface area contributed by atoms with Crippen molar-refractivity contribution in [3.05, 3.63) is 88.9 Å². The first-order valence-electron chi connectivity index (χ1n) is 12.3. The number of nitriles is 1. The van der Waals surface area contributed by atoms with Gasteiger partial charge in [-0.15, -0.1) is 0 Å². The van der Waals surface area contributed by atoms with Gasteiger partial charge in [-0.3, -0.25) is 9.78 Å². The van der Waals surface area contributed by atoms with Crippen molar-refractivity contribution in [2.24, 2.45) is 0 Å². The van der Waals surface area contributed by atoms with Crippen molar-refractivity contribution in [3.8, 4) is 6.07 Å². The zero-order valence-corrected chi connectivity index (χ0v) is 20.7. The number of fused-ring (bicyclic) bond motifs is 1. The number of H-pyrrole nitrogens is 1. The molecule has 7 heteroatoms. The number of aromatic amines is 1. The van der Waals surface area contributed by atoms with E-state index in [1.807, 2.05) is 53.7 Å². The Morgan fingerprint density at radius 1 is 1.06 bits per heavy atom. The number of rotatable bonds is 6. The number of hydrogen-bond donors (Lipinski definition) is 2. The molecular weight excluding hydrogens is 448 g/mol. The highest BCUT2D eigenvalue weighted by atomic mass is 16.2. The van der Waals surface area contributed by atoms with Crippen molar-refractivity contribution in [3.63, 3.8) is 0 Å². The van der Waals surface area contributed by atoms with Crippen LogP contribution < -0.4 is 5.32 Å². The Hall–Kier alpha value is -4.15. The van der Waals surface area contributed by atoms with Gasteiger partial charge in [0.05, 0.1) is 11.3 Å². The lowest BCUT2D eigenvalue weighted by molar-refractivity contribution is 0.0664. The Morgan fingerprint density at radius 2 is 1.83 bits per heavy atom. The van der Waals surface area contributed by atoms with Crippen LogP contribution >= 0.6 is 0 Å². The molecule has 2 aromatic carbocycles. The van der Waals surface area contributed by atoms with E-state index in [0.717, 1.165) is 83.6 Å². The van der Waals surface area contributed by atoms with E-state index in [-0.39, 0.29) is 5.91 Å². The SMILES string of the molecule is Cc1c(Nc2c(C#N)cncc2CCc2ccc(C(=O)N3CCN(C)CC3)cc2)ccc2[nH]ccc12. The summed E-state index contributed by atoms with van der Waals surface area (Å²) in [5, 5.41) is 14.4. The Bertz CT molecular complexity index is 1420. The van der Waals surface area contributed by atoms with Gasteiger partial charge in [-0.2, -0.15) is 5.26 Å². The fraction of sp³-hybridized carbons (Fsp3) is 0.276. The van der Waals surface area contributed by atoms with Crippen LogP contribution in [0, 0.1) is 18.3 Å². The van der Waals surface area contributed by atoms with E-state index in [1.54, 1.807) is 6.20 Å². The summed E-state index contributed by atoms with van der Waals surface area (Å²) < 4.78 is 0. The molecular formula is C29H30N6O. The number of nitrogens with one attached hydrogen (secondary N) is 2. The molecule has 0 aliphatic carbocycles. The lowest BCUT2D eigenvalue weighted by atomic mass is 10.0. The molecule has 1 aliphatic rings. The van der Waals surface area contributed by atoms with Crippen molar-refractivity contribution in [1.82, 2.24) is 19.8 Å². The van der Waals surface area contributed by atoms with Gasteiger partial charge < -0.3 is 20.1 Å². The smallest absolute Gasteiger partial charge is 0.253 e. The second-order valence-corrected chi connectivity index (χ2v) is 9.43. The molecule has 2 aromatic heterocycles. The maximum absolute atomic E-state index is 12.8. The normalized spacial score (nSPS) is 14.1. The van der Waals surface area contributed by atoms with Crippen molar-refractivity contribution >= 4 is 28.2 Å². The van der Waals surface area contributed by atoms with Crippen LogP contribution in [0.15, 0.2) is 61.1 Å². The molecule has 1 amide bonds. The molecule has 0 saturated carbocycles. The van der Waals surface area contributed by atoms with Gasteiger partial charge in [0.2, 0.25) is 0 Å². The minimum atomic E-state index is 0.0989. The summed E-state index contributed by atoms with van der Waals surface area (Å²) in [5.41, 5.74) is 7.36. The second-order valence-electron chi connectivity index (χ2n) is 9.43. The molecule has 4 aromatic rings. The number of aryl methyl sites for hydroxylation is 3. The number of carbonyl (C=O) groups excluding carboxylic acids is 1. The number of pyridine rings is 1. The first kappa shape index (κ1) is 23.6. The van der Waals surface area contributed by atoms with Crippen molar-refractivity contribution in [2.75, 3.05) is 38.5 Å². The number of benzene rings is 2. The van der Waals surface area contributed by atoms with Crippen molar-refractivity contribution in [1.29, 1.82) is 5.26 Å². The first-order valence-corrected chi connectivity index (χ1v) is 12.3. The molecule has 2 N–H and O–H groups in total. The Kier molecular flexibility index (Phi) is 6.70. The van der Waals surface area contributed by atoms with Crippen LogP contribution in [0.1, 0.15) is 32.6 Å². The zero-order valence-electron chi connectivity index (χ0n) is 20.7. The molecule has 1 saturated heterocycles. The van der Waals surface area contributed by atoms with E-state index in [0.29, 0.717) is 5.56 Å². The highest BCUT2D eigenvalue weighted by Gasteiger charge is 2.20. The van der Waals surface area contributed by atoms with E-state index < -0.39 is 0 Å². The van der Waals surface area contributed by atoms with E-state index in [9.17, 15) is 10.1 Å². The standard InChI is InChI=1S/C29H30N6O/c1-20-25-11-12-32-27(25)10-9-26(20)33-28-23(18-31-19-24(28)17-30)8-5-21-3-6-22(7-4-21)29(36)35-15-13-34(2)14-16-35/h3-4,6-7,9-12,18-19,32H,5,8,13-16H2,1-2H3,(H,31,33). The van der Waals surface area contributed by atoms with Gasteiger partial charge in [-0.1, -0.05) is 12.1 Å². The molecule has 0 atom stereocenters. The van der Waals surface area contributed by atoms with Crippen LogP contribution in [-0.4, -0.2) is 58.9 Å². The molecule has 182 valence electrons. The number of hydrogen-bond acceptors (Lipinski definition) is 5. The van der Waals surface area contributed by atoms with Crippen LogP contribution in [0.25, 0.3) is 10.9 Å². The minimum absolute atomic E-state index is 0.0989. The van der Waals surface area contributed by atoms with Gasteiger partial charge in [0, 0.05) is 66.9 Å². The quantitative estimate of drug-likeness (QED) is 0.421. The summed E-state index contributed by atoms with van der Waals surface area (Å²) in [7, 11) is 2.08. The maximum atomic E-state index is 12.8. The van der Waals surface area contributed by atoms with Gasteiger partial charge in [-0.25, -0.2) is 0 Å². The van der Waals surface area contributed by atoms with E-state index in [1.165, 1.54) is 0 Å². The van der Waals surface area contributed by atoms with Crippen molar-refractivity contribution < 1.29 is 4.79 Å². The average Bonchev–Trinajstić information content (AvgIpc) is 3.40. The third-order valence-corrected chi connectivity index (χ3v) is 7.08. The first-order chi connectivity index (χ1) is 17.5. The molecule has 0 spiro atoms. The topological polar surface area (TPSA) is 88.0 Å². The van der Waals surface area contributed by atoms with Crippen LogP contribution in [0.4, 0.5) is 11.4 Å². The summed E-state index contributed by atoms with van der Waals surface area (Å²) >= 11 is 0. The van der Waals surface area contributed by atoms with Gasteiger partial charge >= 0.3 is 0 Å². The fourth-order valence-electron chi connectivity index (χ4n) is 4.76. The Balaban J connectivity index is 1.31. The summed E-state index contributed by atoms with van der Waals surface area (Å²) in [6, 6.07) is 16.3. The van der Waals surface area contributed by atoms with Gasteiger partial charge in [0.15, 0.2) is 0 Å². The molecule has 5 rings (SSSR count). The van der Waals surface area contributed by atoms with Gasteiger partial charge in [-0.05, 0) is 73.8 Å². The van der Waals surface area contributed by atoms with E-state index in [2.05, 4.69) is 46.3 Å². The summed E-state index contributed by atoms with van der Waals surface area (Å²) in [6.45, 7) is 5.44. The summed E-state index contributed by atoms with van der Waals surface area (Å²) in [5.74, 6) is 0.0989. The highest BCUT2D eigenvalue weighted by Crippen LogP contribution is 2.31. The molecule has 0 unspecified atom stereocenters. The van der Waals surface area contributed by atoms with Crippen LogP contribution in [0.2, 0.25) is 0 Å². The number of nitrogens with zero attached hydrogens (tertiary/aromatic N) is 4. The number of piperazine rings is 1. The Morgan fingerprint density at radius 3 is 2.58 bits per heavy atom. The monoisotopic (exact) mass is 478 g/mol. The van der Waals surface area contributed by atoms with E-state index >= 15 is 0 Å². The molecule has 1 aliphatic heterocycles. The fourth-order valence-corrected chi connectivity index (χ4v) is 4.76. The second kappa shape index (κ2) is 10.2. The van der Waals surface area contributed by atoms with E-state index in [4.69, 9.17) is 0 Å². The molecule has 3 heterocycles. The third kappa shape index (κ3) is 4.81. The lowest BCUT2D eigenvalue weighted by Gasteiger charge is -2.32. The molecule has 0 radical (unpaired) electrons. The van der Waals surface area contributed by atoms with Gasteiger partial charge in [0.1, 0.15) is 6.07 Å². The number of aromatic nitrogens is 2. The molecule has 1 fully saturated rings. The molecule has 36 heavy (non-hydrogen) atoms. The average molecular weight is 479 g/mol. The largest absolute Gasteiger partial charge is 0.361 e.